The minimum absolute atomic E-state index is 0.0263. The second kappa shape index (κ2) is 4.56. The first-order valence-corrected chi connectivity index (χ1v) is 6.18. The van der Waals surface area contributed by atoms with Gasteiger partial charge in [-0.1, -0.05) is 0 Å². The van der Waals surface area contributed by atoms with Crippen molar-refractivity contribution in [1.29, 1.82) is 0 Å². The van der Waals surface area contributed by atoms with Crippen LogP contribution in [-0.4, -0.2) is 59.3 Å². The number of nitrogen functional groups attached to an aromatic ring is 1. The summed E-state index contributed by atoms with van der Waals surface area (Å²) in [5.74, 6) is -0.144. The molecule has 0 radical (unpaired) electrons. The third-order valence-corrected chi connectivity index (χ3v) is 3.64. The molecule has 114 valence electrons. The Hall–Kier alpha value is -1.88. The van der Waals surface area contributed by atoms with Crippen molar-refractivity contribution in [2.45, 2.75) is 31.0 Å². The number of nitrogens with zero attached hydrogens (tertiary/aromatic N) is 4. The Balaban J connectivity index is 2.10. The van der Waals surface area contributed by atoms with E-state index >= 15 is 0 Å². The number of ether oxygens (including phenoxy) is 1. The van der Waals surface area contributed by atoms with Gasteiger partial charge in [-0.05, 0) is 6.92 Å². The fourth-order valence-corrected chi connectivity index (χ4v) is 2.38. The van der Waals surface area contributed by atoms with E-state index in [1.807, 2.05) is 0 Å². The lowest BCUT2D eigenvalue weighted by molar-refractivity contribution is -0.115. The summed E-state index contributed by atoms with van der Waals surface area (Å²) in [6.45, 7) is 0.948. The molecule has 10 heteroatoms. The molecule has 4 atom stereocenters. The largest absolute Gasteiger partial charge is 0.393 e. The van der Waals surface area contributed by atoms with Crippen LogP contribution in [0.4, 0.5) is 10.2 Å². The van der Waals surface area contributed by atoms with E-state index in [-0.39, 0.29) is 17.0 Å². The van der Waals surface area contributed by atoms with Crippen molar-refractivity contribution in [3.05, 3.63) is 12.4 Å². The Kier molecular flexibility index (Phi) is 3.06. The van der Waals surface area contributed by atoms with Gasteiger partial charge in [0.05, 0.1) is 12.9 Å². The molecule has 0 amide bonds. The zero-order valence-corrected chi connectivity index (χ0v) is 11.0. The van der Waals surface area contributed by atoms with Crippen molar-refractivity contribution in [2.75, 3.05) is 12.3 Å². The summed E-state index contributed by atoms with van der Waals surface area (Å²) in [7, 11) is 0. The van der Waals surface area contributed by atoms with Crippen LogP contribution in [0, 0.1) is 6.08 Å². The smallest absolute Gasteiger partial charge is 0.312 e. The van der Waals surface area contributed by atoms with Gasteiger partial charge in [-0.15, -0.1) is 0 Å². The van der Waals surface area contributed by atoms with Gasteiger partial charge in [0.2, 0.25) is 0 Å². The van der Waals surface area contributed by atoms with Crippen molar-refractivity contribution in [2.24, 2.45) is 0 Å². The highest BCUT2D eigenvalue weighted by molar-refractivity contribution is 5.81. The van der Waals surface area contributed by atoms with Crippen molar-refractivity contribution >= 4 is 17.0 Å². The van der Waals surface area contributed by atoms with E-state index in [9.17, 15) is 19.7 Å². The van der Waals surface area contributed by atoms with E-state index in [0.29, 0.717) is 0 Å². The van der Waals surface area contributed by atoms with E-state index in [1.165, 1.54) is 17.8 Å². The molecule has 0 aliphatic carbocycles. The maximum atomic E-state index is 13.3. The van der Waals surface area contributed by atoms with Crippen LogP contribution in [0.15, 0.2) is 6.33 Å². The van der Waals surface area contributed by atoms with Gasteiger partial charge in [0.1, 0.15) is 17.8 Å². The van der Waals surface area contributed by atoms with Gasteiger partial charge in [0, 0.05) is 0 Å². The Morgan fingerprint density at radius 3 is 2.81 bits per heavy atom. The molecule has 1 aliphatic heterocycles. The minimum atomic E-state index is -1.35. The van der Waals surface area contributed by atoms with Crippen LogP contribution in [0.2, 0.25) is 0 Å². The molecule has 0 aromatic carbocycles. The van der Waals surface area contributed by atoms with Gasteiger partial charge < -0.3 is 25.8 Å². The summed E-state index contributed by atoms with van der Waals surface area (Å²) >= 11 is 0. The number of anilines is 1. The first-order valence-electron chi connectivity index (χ1n) is 6.18. The van der Waals surface area contributed by atoms with E-state index in [4.69, 9.17) is 10.5 Å². The van der Waals surface area contributed by atoms with Crippen LogP contribution in [-0.2, 0) is 4.74 Å². The molecule has 5 N–H and O–H groups in total. The van der Waals surface area contributed by atoms with Crippen LogP contribution in [0.1, 0.15) is 13.2 Å². The fraction of sp³-hybridized carbons (Fsp3) is 0.545. The quantitative estimate of drug-likeness (QED) is 0.494. The number of aliphatic hydroxyl groups excluding tert-OH is 3. The predicted octanol–water partition coefficient (Wildman–Crippen LogP) is -1.45. The zero-order chi connectivity index (χ0) is 15.4. The lowest BCUT2D eigenvalue weighted by Gasteiger charge is -2.24. The van der Waals surface area contributed by atoms with Crippen LogP contribution in [0.3, 0.4) is 0 Å². The van der Waals surface area contributed by atoms with Crippen molar-refractivity contribution in [3.8, 4) is 0 Å². The maximum Gasteiger partial charge on any atom is 0.312 e. The van der Waals surface area contributed by atoms with Crippen molar-refractivity contribution in [1.82, 2.24) is 19.5 Å². The average molecular weight is 299 g/mol. The number of aromatic nitrogens is 4. The maximum absolute atomic E-state index is 13.3. The Morgan fingerprint density at radius 1 is 1.48 bits per heavy atom. The van der Waals surface area contributed by atoms with E-state index in [2.05, 4.69) is 15.0 Å². The lowest BCUT2D eigenvalue weighted by atomic mass is 9.99. The molecule has 0 saturated carbocycles. The number of fused-ring (bicyclic) bond motifs is 1. The molecular formula is C11H14FN5O4. The number of nitrogens with two attached hydrogens (primary N) is 1. The molecule has 1 fully saturated rings. The minimum Gasteiger partial charge on any atom is -0.393 e. The molecule has 9 nitrogen and oxygen atoms in total. The molecule has 3 heterocycles. The normalized spacial score (nSPS) is 32.9. The molecule has 21 heavy (non-hydrogen) atoms. The summed E-state index contributed by atoms with van der Waals surface area (Å²) in [4.78, 5) is 10.9. The highest BCUT2D eigenvalue weighted by atomic mass is 19.1. The van der Waals surface area contributed by atoms with Crippen LogP contribution < -0.4 is 5.73 Å². The lowest BCUT2D eigenvalue weighted by Crippen LogP contribution is -2.43. The number of aliphatic hydroxyl groups is 3. The fourth-order valence-electron chi connectivity index (χ4n) is 2.38. The standard InChI is InChI=1S/C11H14FN5O4/c1-11(2-18)6(20)5(19)9(21-11)17-3-14-4-7(13)15-10(12)16-8(4)17/h3,5-6,9,18-20H,2H2,1H3,(H2,13,15,16)/t5-,6+,9-,11-/m1/s1. The zero-order valence-electron chi connectivity index (χ0n) is 11.0. The molecule has 1 saturated heterocycles. The summed E-state index contributed by atoms with van der Waals surface area (Å²) in [5, 5.41) is 29.4. The molecule has 1 aliphatic rings. The van der Waals surface area contributed by atoms with Gasteiger partial charge in [-0.2, -0.15) is 14.4 Å². The number of hydrogen-bond donors (Lipinski definition) is 4. The van der Waals surface area contributed by atoms with Crippen LogP contribution in [0.5, 0.6) is 0 Å². The molecule has 2 aromatic heterocycles. The summed E-state index contributed by atoms with van der Waals surface area (Å²) < 4.78 is 20.0. The summed E-state index contributed by atoms with van der Waals surface area (Å²) in [6, 6.07) is 0. The third-order valence-electron chi connectivity index (χ3n) is 3.64. The number of imidazole rings is 1. The monoisotopic (exact) mass is 299 g/mol. The van der Waals surface area contributed by atoms with Crippen LogP contribution >= 0.6 is 0 Å². The van der Waals surface area contributed by atoms with E-state index in [1.54, 1.807) is 0 Å². The SMILES string of the molecule is C[C@]1(CO)O[C@@H](n2cnc3c(N)nc(F)nc32)[C@H](O)[C@@H]1O. The second-order valence-electron chi connectivity index (χ2n) is 5.12. The number of hydrogen-bond acceptors (Lipinski definition) is 8. The predicted molar refractivity (Wildman–Crippen MR) is 67.3 cm³/mol. The first-order chi connectivity index (χ1) is 9.87. The topological polar surface area (TPSA) is 140 Å². The summed E-state index contributed by atoms with van der Waals surface area (Å²) in [5.41, 5.74) is 4.38. The molecule has 0 spiro atoms. The molecular weight excluding hydrogens is 285 g/mol. The first kappa shape index (κ1) is 14.1. The van der Waals surface area contributed by atoms with Crippen molar-refractivity contribution in [3.63, 3.8) is 0 Å². The van der Waals surface area contributed by atoms with Crippen molar-refractivity contribution < 1.29 is 24.4 Å². The van der Waals surface area contributed by atoms with Gasteiger partial charge in [-0.25, -0.2) is 4.98 Å². The summed E-state index contributed by atoms with van der Waals surface area (Å²) in [6.07, 6.45) is -3.55. The Bertz CT molecular complexity index is 695. The van der Waals surface area contributed by atoms with Gasteiger partial charge >= 0.3 is 6.08 Å². The molecule has 0 unspecified atom stereocenters. The van der Waals surface area contributed by atoms with E-state index in [0.717, 1.165) is 0 Å². The van der Waals surface area contributed by atoms with Gasteiger partial charge in [0.25, 0.3) is 0 Å². The Morgan fingerprint density at radius 2 is 2.19 bits per heavy atom. The number of rotatable bonds is 2. The highest BCUT2D eigenvalue weighted by Crippen LogP contribution is 2.38. The van der Waals surface area contributed by atoms with Gasteiger partial charge in [-0.3, -0.25) is 4.57 Å². The average Bonchev–Trinajstić information content (AvgIpc) is 2.95. The number of halogens is 1. The van der Waals surface area contributed by atoms with Crippen LogP contribution in [0.25, 0.3) is 11.2 Å². The second-order valence-corrected chi connectivity index (χ2v) is 5.12. The van der Waals surface area contributed by atoms with E-state index < -0.39 is 36.7 Å². The third kappa shape index (κ3) is 1.95. The Labute approximate surface area is 117 Å². The molecule has 0 bridgehead atoms. The molecule has 2 aromatic rings. The van der Waals surface area contributed by atoms with Gasteiger partial charge in [0.15, 0.2) is 23.2 Å². The molecule has 3 rings (SSSR count). The highest BCUT2D eigenvalue weighted by Gasteiger charge is 2.52.